The average Bonchev–Trinajstić information content (AvgIpc) is 2.18. The molecule has 0 fully saturated rings. The largest absolute Gasteiger partial charge is 0.383 e. The van der Waals surface area contributed by atoms with Crippen LogP contribution in [0, 0.1) is 17.1 Å². The lowest BCUT2D eigenvalue weighted by Gasteiger charge is -2.10. The lowest BCUT2D eigenvalue weighted by molar-refractivity contribution is 0.181. The number of hydrogen-bond acceptors (Lipinski definition) is 3. The molecule has 3 nitrogen and oxygen atoms in total. The van der Waals surface area contributed by atoms with Gasteiger partial charge < -0.3 is 10.5 Å². The lowest BCUT2D eigenvalue weighted by Crippen LogP contribution is -2.16. The molecule has 74 valence electrons. The Morgan fingerprint density at radius 1 is 1.64 bits per heavy atom. The summed E-state index contributed by atoms with van der Waals surface area (Å²) in [5.74, 6) is -0.545. The van der Waals surface area contributed by atoms with Crippen molar-refractivity contribution >= 4 is 0 Å². The first-order valence-corrected chi connectivity index (χ1v) is 4.13. The van der Waals surface area contributed by atoms with Crippen LogP contribution in [0.3, 0.4) is 0 Å². The molecule has 0 aromatic heterocycles. The van der Waals surface area contributed by atoms with Gasteiger partial charge in [-0.3, -0.25) is 0 Å². The summed E-state index contributed by atoms with van der Waals surface area (Å²) in [5.41, 5.74) is 6.35. The first-order valence-electron chi connectivity index (χ1n) is 4.13. The van der Waals surface area contributed by atoms with Crippen LogP contribution >= 0.6 is 0 Å². The van der Waals surface area contributed by atoms with Crippen molar-refractivity contribution in [3.8, 4) is 6.07 Å². The van der Waals surface area contributed by atoms with Crippen LogP contribution in [-0.4, -0.2) is 13.7 Å². The molecule has 1 aromatic rings. The zero-order valence-electron chi connectivity index (χ0n) is 7.83. The Morgan fingerprint density at radius 2 is 2.36 bits per heavy atom. The summed E-state index contributed by atoms with van der Waals surface area (Å²) >= 11 is 0. The number of ether oxygens (including phenoxy) is 1. The molecule has 0 saturated carbocycles. The first-order chi connectivity index (χ1) is 6.69. The summed E-state index contributed by atoms with van der Waals surface area (Å²) in [6, 6.07) is 5.70. The predicted molar refractivity (Wildman–Crippen MR) is 49.9 cm³/mol. The molecule has 0 aliphatic carbocycles. The second-order valence-corrected chi connectivity index (χ2v) is 2.91. The van der Waals surface area contributed by atoms with Crippen LogP contribution in [-0.2, 0) is 4.74 Å². The summed E-state index contributed by atoms with van der Waals surface area (Å²) in [7, 11) is 1.53. The van der Waals surface area contributed by atoms with Crippen LogP contribution < -0.4 is 5.73 Å². The zero-order chi connectivity index (χ0) is 10.6. The maximum absolute atomic E-state index is 13.1. The molecule has 1 aromatic carbocycles. The monoisotopic (exact) mass is 194 g/mol. The summed E-state index contributed by atoms with van der Waals surface area (Å²) in [5, 5.41) is 8.51. The fraction of sp³-hybridized carbons (Fsp3) is 0.300. The lowest BCUT2D eigenvalue weighted by atomic mass is 10.1. The smallest absolute Gasteiger partial charge is 0.141 e. The van der Waals surface area contributed by atoms with E-state index in [4.69, 9.17) is 15.7 Å². The molecule has 1 atom stereocenters. The Bertz CT molecular complexity index is 360. The SMILES string of the molecule is COCC(N)c1ccc(C#N)c(F)c1. The minimum atomic E-state index is -0.545. The third-order valence-electron chi connectivity index (χ3n) is 1.89. The van der Waals surface area contributed by atoms with Crippen molar-refractivity contribution in [3.63, 3.8) is 0 Å². The molecule has 0 amide bonds. The van der Waals surface area contributed by atoms with Gasteiger partial charge in [-0.25, -0.2) is 4.39 Å². The highest BCUT2D eigenvalue weighted by molar-refractivity contribution is 5.34. The maximum Gasteiger partial charge on any atom is 0.141 e. The van der Waals surface area contributed by atoms with Crippen LogP contribution in [0.2, 0.25) is 0 Å². The predicted octanol–water partition coefficient (Wildman–Crippen LogP) is 1.34. The molecule has 0 aliphatic heterocycles. The number of nitriles is 1. The first kappa shape index (κ1) is 10.6. The van der Waals surface area contributed by atoms with Crippen LogP contribution in [0.1, 0.15) is 17.2 Å². The number of rotatable bonds is 3. The Hall–Kier alpha value is -1.44. The van der Waals surface area contributed by atoms with Crippen LogP contribution in [0.15, 0.2) is 18.2 Å². The van der Waals surface area contributed by atoms with Crippen molar-refractivity contribution in [1.29, 1.82) is 5.26 Å². The van der Waals surface area contributed by atoms with Gasteiger partial charge in [-0.1, -0.05) is 6.07 Å². The summed E-state index contributed by atoms with van der Waals surface area (Å²) in [6.45, 7) is 0.325. The molecule has 2 N–H and O–H groups in total. The van der Waals surface area contributed by atoms with Crippen molar-refractivity contribution in [2.24, 2.45) is 5.73 Å². The van der Waals surface area contributed by atoms with Gasteiger partial charge in [0.05, 0.1) is 18.2 Å². The topological polar surface area (TPSA) is 59.0 Å². The molecular formula is C10H11FN2O. The van der Waals surface area contributed by atoms with Gasteiger partial charge in [-0.15, -0.1) is 0 Å². The Balaban J connectivity index is 2.92. The van der Waals surface area contributed by atoms with E-state index in [2.05, 4.69) is 0 Å². The molecule has 0 spiro atoms. The summed E-state index contributed by atoms with van der Waals surface area (Å²) in [4.78, 5) is 0. The molecule has 4 heteroatoms. The molecule has 1 unspecified atom stereocenters. The number of hydrogen-bond donors (Lipinski definition) is 1. The third-order valence-corrected chi connectivity index (χ3v) is 1.89. The Labute approximate surface area is 81.9 Å². The second-order valence-electron chi connectivity index (χ2n) is 2.91. The zero-order valence-corrected chi connectivity index (χ0v) is 7.83. The molecule has 0 heterocycles. The third kappa shape index (κ3) is 2.28. The number of methoxy groups -OCH3 is 1. The second kappa shape index (κ2) is 4.70. The maximum atomic E-state index is 13.1. The Morgan fingerprint density at radius 3 is 2.86 bits per heavy atom. The minimum Gasteiger partial charge on any atom is -0.383 e. The van der Waals surface area contributed by atoms with Crippen molar-refractivity contribution in [2.75, 3.05) is 13.7 Å². The van der Waals surface area contributed by atoms with E-state index in [0.29, 0.717) is 12.2 Å². The quantitative estimate of drug-likeness (QED) is 0.789. The van der Waals surface area contributed by atoms with E-state index in [0.717, 1.165) is 0 Å². The molecule has 0 bridgehead atoms. The van der Waals surface area contributed by atoms with Gasteiger partial charge >= 0.3 is 0 Å². The van der Waals surface area contributed by atoms with Gasteiger partial charge in [-0.2, -0.15) is 5.26 Å². The number of benzene rings is 1. The van der Waals surface area contributed by atoms with Gasteiger partial charge in [0, 0.05) is 7.11 Å². The standard InChI is InChI=1S/C10H11FN2O/c1-14-6-10(13)7-2-3-8(5-12)9(11)4-7/h2-4,10H,6,13H2,1H3. The van der Waals surface area contributed by atoms with Gasteiger partial charge in [0.1, 0.15) is 11.9 Å². The number of nitrogens with two attached hydrogens (primary N) is 1. The highest BCUT2D eigenvalue weighted by Gasteiger charge is 2.08. The van der Waals surface area contributed by atoms with Gasteiger partial charge in [0.2, 0.25) is 0 Å². The highest BCUT2D eigenvalue weighted by Crippen LogP contribution is 2.14. The van der Waals surface area contributed by atoms with E-state index in [1.165, 1.54) is 19.2 Å². The molecule has 14 heavy (non-hydrogen) atoms. The minimum absolute atomic E-state index is 0.0263. The van der Waals surface area contributed by atoms with E-state index in [-0.39, 0.29) is 11.6 Å². The van der Waals surface area contributed by atoms with Gasteiger partial charge in [0.25, 0.3) is 0 Å². The van der Waals surface area contributed by atoms with Crippen molar-refractivity contribution in [2.45, 2.75) is 6.04 Å². The van der Waals surface area contributed by atoms with Crippen LogP contribution in [0.5, 0.6) is 0 Å². The molecule has 0 aliphatic rings. The van der Waals surface area contributed by atoms with Gasteiger partial charge in [-0.05, 0) is 17.7 Å². The summed E-state index contributed by atoms with van der Waals surface area (Å²) < 4.78 is 18.0. The summed E-state index contributed by atoms with van der Waals surface area (Å²) in [6.07, 6.45) is 0. The highest BCUT2D eigenvalue weighted by atomic mass is 19.1. The van der Waals surface area contributed by atoms with Gasteiger partial charge in [0.15, 0.2) is 0 Å². The van der Waals surface area contributed by atoms with E-state index < -0.39 is 5.82 Å². The number of nitrogens with zero attached hydrogens (tertiary/aromatic N) is 1. The molecule has 1 rings (SSSR count). The van der Waals surface area contributed by atoms with E-state index >= 15 is 0 Å². The fourth-order valence-electron chi connectivity index (χ4n) is 1.13. The molecule has 0 saturated heterocycles. The normalized spacial score (nSPS) is 12.1. The molecule has 0 radical (unpaired) electrons. The van der Waals surface area contributed by atoms with E-state index in [9.17, 15) is 4.39 Å². The fourth-order valence-corrected chi connectivity index (χ4v) is 1.13. The van der Waals surface area contributed by atoms with E-state index in [1.807, 2.05) is 0 Å². The van der Waals surface area contributed by atoms with Crippen LogP contribution in [0.25, 0.3) is 0 Å². The van der Waals surface area contributed by atoms with Crippen molar-refractivity contribution in [3.05, 3.63) is 35.1 Å². The van der Waals surface area contributed by atoms with E-state index in [1.54, 1.807) is 12.1 Å². The average molecular weight is 194 g/mol. The van der Waals surface area contributed by atoms with Crippen molar-refractivity contribution in [1.82, 2.24) is 0 Å². The van der Waals surface area contributed by atoms with Crippen molar-refractivity contribution < 1.29 is 9.13 Å². The number of halogens is 1. The van der Waals surface area contributed by atoms with Crippen LogP contribution in [0.4, 0.5) is 4.39 Å². The Kier molecular flexibility index (Phi) is 3.57. The molecular weight excluding hydrogens is 183 g/mol.